The van der Waals surface area contributed by atoms with Crippen molar-refractivity contribution in [1.29, 1.82) is 0 Å². The van der Waals surface area contributed by atoms with Crippen LogP contribution in [0.2, 0.25) is 0 Å². The smallest absolute Gasteiger partial charge is 0.252 e. The average molecular weight is 280 g/mol. The van der Waals surface area contributed by atoms with Crippen molar-refractivity contribution in [3.63, 3.8) is 0 Å². The molecule has 1 amide bonds. The number of thiazole rings is 1. The van der Waals surface area contributed by atoms with Gasteiger partial charge in [0.05, 0.1) is 11.1 Å². The number of rotatable bonds is 4. The summed E-state index contributed by atoms with van der Waals surface area (Å²) in [5.41, 5.74) is 1.32. The van der Waals surface area contributed by atoms with Crippen molar-refractivity contribution in [2.45, 2.75) is 32.7 Å². The molecule has 0 aliphatic rings. The molecule has 0 radical (unpaired) electrons. The van der Waals surface area contributed by atoms with Gasteiger partial charge in [-0.15, -0.1) is 11.3 Å². The first-order valence-corrected chi connectivity index (χ1v) is 7.65. The summed E-state index contributed by atoms with van der Waals surface area (Å²) in [7, 11) is 0. The highest BCUT2D eigenvalue weighted by atomic mass is 32.1. The highest BCUT2D eigenvalue weighted by molar-refractivity contribution is 7.09. The van der Waals surface area contributed by atoms with Gasteiger partial charge in [-0.25, -0.2) is 4.98 Å². The lowest BCUT2D eigenvalue weighted by molar-refractivity contribution is 0.0902. The number of amides is 1. The molecule has 0 saturated carbocycles. The first kappa shape index (κ1) is 13.2. The molecular formula is C13H16N2OS2. The van der Waals surface area contributed by atoms with Gasteiger partial charge in [-0.3, -0.25) is 4.79 Å². The monoisotopic (exact) mass is 280 g/mol. The number of nitrogens with one attached hydrogen (secondary N) is 1. The Morgan fingerprint density at radius 3 is 2.78 bits per heavy atom. The Morgan fingerprint density at radius 1 is 1.50 bits per heavy atom. The molecule has 5 heteroatoms. The minimum absolute atomic E-state index is 0.0338. The molecule has 0 saturated heterocycles. The molecular weight excluding hydrogens is 264 g/mol. The molecule has 0 unspecified atom stereocenters. The molecule has 0 fully saturated rings. The SMILES string of the molecule is CC[C@](C)(NC(=O)c1ccsc1)c1nc(C)cs1. The Kier molecular flexibility index (Phi) is 3.82. The first-order valence-electron chi connectivity index (χ1n) is 5.82. The van der Waals surface area contributed by atoms with Gasteiger partial charge in [-0.1, -0.05) is 6.92 Å². The minimum Gasteiger partial charge on any atom is -0.340 e. The van der Waals surface area contributed by atoms with E-state index in [2.05, 4.69) is 17.2 Å². The van der Waals surface area contributed by atoms with Gasteiger partial charge in [0.2, 0.25) is 0 Å². The summed E-state index contributed by atoms with van der Waals surface area (Å²) in [6, 6.07) is 1.84. The maximum Gasteiger partial charge on any atom is 0.252 e. The molecule has 2 heterocycles. The van der Waals surface area contributed by atoms with Gasteiger partial charge in [0.1, 0.15) is 5.01 Å². The van der Waals surface area contributed by atoms with E-state index in [9.17, 15) is 4.79 Å². The van der Waals surface area contributed by atoms with Crippen LogP contribution in [0, 0.1) is 6.92 Å². The summed E-state index contributed by atoms with van der Waals surface area (Å²) < 4.78 is 0. The molecule has 1 N–H and O–H groups in total. The number of nitrogens with zero attached hydrogens (tertiary/aromatic N) is 1. The van der Waals surface area contributed by atoms with E-state index < -0.39 is 5.54 Å². The Bertz CT molecular complexity index is 533. The number of hydrogen-bond acceptors (Lipinski definition) is 4. The fourth-order valence-electron chi connectivity index (χ4n) is 1.62. The van der Waals surface area contributed by atoms with E-state index in [0.29, 0.717) is 5.56 Å². The van der Waals surface area contributed by atoms with Gasteiger partial charge in [0, 0.05) is 16.5 Å². The third kappa shape index (κ3) is 2.62. The molecule has 0 aliphatic carbocycles. The number of carbonyl (C=O) groups excluding carboxylic acids is 1. The average Bonchev–Trinajstić information content (AvgIpc) is 2.99. The van der Waals surface area contributed by atoms with Gasteiger partial charge in [0.15, 0.2) is 0 Å². The lowest BCUT2D eigenvalue weighted by Gasteiger charge is -2.27. The van der Waals surface area contributed by atoms with Crippen LogP contribution >= 0.6 is 22.7 Å². The van der Waals surface area contributed by atoms with Gasteiger partial charge >= 0.3 is 0 Å². The molecule has 2 aromatic rings. The molecule has 96 valence electrons. The summed E-state index contributed by atoms with van der Waals surface area (Å²) in [6.07, 6.45) is 0.815. The predicted octanol–water partition coefficient (Wildman–Crippen LogP) is 3.57. The van der Waals surface area contributed by atoms with E-state index in [1.54, 1.807) is 11.3 Å². The Labute approximate surface area is 115 Å². The van der Waals surface area contributed by atoms with Gasteiger partial charge in [-0.05, 0) is 31.7 Å². The summed E-state index contributed by atoms with van der Waals surface area (Å²) >= 11 is 3.12. The van der Waals surface area contributed by atoms with Crippen molar-refractivity contribution in [3.05, 3.63) is 38.5 Å². The van der Waals surface area contributed by atoms with Crippen molar-refractivity contribution in [2.75, 3.05) is 0 Å². The maximum atomic E-state index is 12.1. The second kappa shape index (κ2) is 5.20. The normalized spacial score (nSPS) is 14.2. The van der Waals surface area contributed by atoms with Crippen LogP contribution in [-0.4, -0.2) is 10.9 Å². The van der Waals surface area contributed by atoms with E-state index >= 15 is 0 Å². The maximum absolute atomic E-state index is 12.1. The number of hydrogen-bond donors (Lipinski definition) is 1. The van der Waals surface area contributed by atoms with Crippen LogP contribution in [0.3, 0.4) is 0 Å². The zero-order valence-corrected chi connectivity index (χ0v) is 12.3. The molecule has 1 atom stereocenters. The summed E-state index contributed by atoms with van der Waals surface area (Å²) in [6.45, 7) is 6.05. The minimum atomic E-state index is -0.391. The molecule has 0 aromatic carbocycles. The highest BCUT2D eigenvalue weighted by Crippen LogP contribution is 2.28. The standard InChI is InChI=1S/C13H16N2OS2/c1-4-13(3,12-14-9(2)7-18-12)15-11(16)10-5-6-17-8-10/h5-8H,4H2,1-3H3,(H,15,16)/t13-/m0/s1. The van der Waals surface area contributed by atoms with Crippen molar-refractivity contribution in [2.24, 2.45) is 0 Å². The van der Waals surface area contributed by atoms with Crippen molar-refractivity contribution < 1.29 is 4.79 Å². The van der Waals surface area contributed by atoms with E-state index in [4.69, 9.17) is 0 Å². The van der Waals surface area contributed by atoms with E-state index in [0.717, 1.165) is 17.1 Å². The molecule has 2 aromatic heterocycles. The highest BCUT2D eigenvalue weighted by Gasteiger charge is 2.30. The van der Waals surface area contributed by atoms with Crippen LogP contribution in [0.15, 0.2) is 22.2 Å². The Hall–Kier alpha value is -1.20. The Balaban J connectivity index is 2.21. The number of aryl methyl sites for hydroxylation is 1. The zero-order chi connectivity index (χ0) is 13.2. The van der Waals surface area contributed by atoms with Crippen molar-refractivity contribution in [1.82, 2.24) is 10.3 Å². The summed E-state index contributed by atoms with van der Waals surface area (Å²) in [4.78, 5) is 16.6. The molecule has 3 nitrogen and oxygen atoms in total. The number of thiophene rings is 1. The van der Waals surface area contributed by atoms with E-state index in [1.807, 2.05) is 36.1 Å². The lowest BCUT2D eigenvalue weighted by Crippen LogP contribution is -2.42. The molecule has 18 heavy (non-hydrogen) atoms. The number of carbonyl (C=O) groups is 1. The summed E-state index contributed by atoms with van der Waals surface area (Å²) in [5.74, 6) is -0.0338. The zero-order valence-electron chi connectivity index (χ0n) is 10.7. The van der Waals surface area contributed by atoms with E-state index in [1.165, 1.54) is 11.3 Å². The van der Waals surface area contributed by atoms with Crippen LogP contribution < -0.4 is 5.32 Å². The van der Waals surface area contributed by atoms with Crippen LogP contribution in [0.1, 0.15) is 41.3 Å². The Morgan fingerprint density at radius 2 is 2.28 bits per heavy atom. The van der Waals surface area contributed by atoms with Crippen molar-refractivity contribution in [3.8, 4) is 0 Å². The fourth-order valence-corrected chi connectivity index (χ4v) is 3.24. The predicted molar refractivity (Wildman–Crippen MR) is 76.3 cm³/mol. The van der Waals surface area contributed by atoms with Crippen LogP contribution in [0.5, 0.6) is 0 Å². The summed E-state index contributed by atoms with van der Waals surface area (Å²) in [5, 5.41) is 9.84. The van der Waals surface area contributed by atoms with Crippen LogP contribution in [0.25, 0.3) is 0 Å². The fraction of sp³-hybridized carbons (Fsp3) is 0.385. The molecule has 0 bridgehead atoms. The molecule has 2 rings (SSSR count). The largest absolute Gasteiger partial charge is 0.340 e. The van der Waals surface area contributed by atoms with Crippen LogP contribution in [-0.2, 0) is 5.54 Å². The van der Waals surface area contributed by atoms with Gasteiger partial charge < -0.3 is 5.32 Å². The third-order valence-electron chi connectivity index (χ3n) is 2.97. The quantitative estimate of drug-likeness (QED) is 0.930. The first-order chi connectivity index (χ1) is 8.55. The van der Waals surface area contributed by atoms with Gasteiger partial charge in [-0.2, -0.15) is 11.3 Å². The second-order valence-electron chi connectivity index (χ2n) is 4.45. The molecule has 0 aliphatic heterocycles. The van der Waals surface area contributed by atoms with E-state index in [-0.39, 0.29) is 5.91 Å². The van der Waals surface area contributed by atoms with Crippen LogP contribution in [0.4, 0.5) is 0 Å². The number of aromatic nitrogens is 1. The topological polar surface area (TPSA) is 42.0 Å². The third-order valence-corrected chi connectivity index (χ3v) is 4.88. The van der Waals surface area contributed by atoms with Gasteiger partial charge in [0.25, 0.3) is 5.91 Å². The molecule has 0 spiro atoms. The lowest BCUT2D eigenvalue weighted by atomic mass is 9.99. The van der Waals surface area contributed by atoms with Crippen molar-refractivity contribution >= 4 is 28.6 Å². The second-order valence-corrected chi connectivity index (χ2v) is 6.08.